The number of carbonyl (C=O) groups is 2. The lowest BCUT2D eigenvalue weighted by atomic mass is 10.0. The van der Waals surface area contributed by atoms with Crippen molar-refractivity contribution in [1.82, 2.24) is 14.9 Å². The van der Waals surface area contributed by atoms with Gasteiger partial charge in [0.25, 0.3) is 0 Å². The van der Waals surface area contributed by atoms with Gasteiger partial charge in [-0.15, -0.1) is 0 Å². The number of benzene rings is 2. The zero-order chi connectivity index (χ0) is 26.5. The second-order valence-electron chi connectivity index (χ2n) is 8.51. The maximum absolute atomic E-state index is 12.9. The summed E-state index contributed by atoms with van der Waals surface area (Å²) in [5.41, 5.74) is -0.103. The lowest BCUT2D eigenvalue weighted by molar-refractivity contribution is -0.137. The predicted molar refractivity (Wildman–Crippen MR) is 126 cm³/mol. The first-order valence-corrected chi connectivity index (χ1v) is 12.7. The standard InChI is InChI=1S/C24H28F3N3O5S/c1-16(31)28-22(15-17-3-7-20(35-2)8-4-17)23(32)29-19-11-13-30(14-12-19)36(33,34)21-9-5-18(6-10-21)24(25,26)27/h3-10,19,22H,11-15H2,1-2H3,(H,28,31)(H,29,32). The number of sulfonamides is 1. The fourth-order valence-electron chi connectivity index (χ4n) is 3.96. The summed E-state index contributed by atoms with van der Waals surface area (Å²) >= 11 is 0. The van der Waals surface area contributed by atoms with Crippen LogP contribution in [0.25, 0.3) is 0 Å². The lowest BCUT2D eigenvalue weighted by Gasteiger charge is -2.32. The van der Waals surface area contributed by atoms with Crippen LogP contribution in [0.1, 0.15) is 30.9 Å². The van der Waals surface area contributed by atoms with Gasteiger partial charge >= 0.3 is 6.18 Å². The molecule has 2 aromatic rings. The molecule has 8 nitrogen and oxygen atoms in total. The van der Waals surface area contributed by atoms with Gasteiger partial charge in [0, 0.05) is 32.5 Å². The molecule has 12 heteroatoms. The van der Waals surface area contributed by atoms with E-state index in [1.165, 1.54) is 11.2 Å². The van der Waals surface area contributed by atoms with Crippen molar-refractivity contribution in [3.05, 3.63) is 59.7 Å². The molecule has 0 spiro atoms. The minimum atomic E-state index is -4.55. The Morgan fingerprint density at radius 2 is 1.64 bits per heavy atom. The van der Waals surface area contributed by atoms with E-state index in [1.54, 1.807) is 31.4 Å². The highest BCUT2D eigenvalue weighted by Gasteiger charge is 2.33. The van der Waals surface area contributed by atoms with Crippen molar-refractivity contribution in [2.24, 2.45) is 0 Å². The highest BCUT2D eigenvalue weighted by Crippen LogP contribution is 2.30. The Kier molecular flexibility index (Phi) is 8.62. The lowest BCUT2D eigenvalue weighted by Crippen LogP contribution is -2.53. The van der Waals surface area contributed by atoms with E-state index >= 15 is 0 Å². The number of hydrogen-bond donors (Lipinski definition) is 2. The third-order valence-corrected chi connectivity index (χ3v) is 7.83. The summed E-state index contributed by atoms with van der Waals surface area (Å²) in [5, 5.41) is 5.53. The van der Waals surface area contributed by atoms with E-state index < -0.39 is 27.8 Å². The van der Waals surface area contributed by atoms with Crippen molar-refractivity contribution < 1.29 is 35.9 Å². The Hall–Kier alpha value is -3.12. The average molecular weight is 528 g/mol. The predicted octanol–water partition coefficient (Wildman–Crippen LogP) is 2.73. The minimum absolute atomic E-state index is 0.0948. The van der Waals surface area contributed by atoms with Crippen LogP contribution in [0.3, 0.4) is 0 Å². The number of methoxy groups -OCH3 is 1. The molecule has 2 N–H and O–H groups in total. The molecule has 0 aliphatic carbocycles. The Labute approximate surface area is 207 Å². The Bertz CT molecular complexity index is 1160. The monoisotopic (exact) mass is 527 g/mol. The van der Waals surface area contributed by atoms with Gasteiger partial charge < -0.3 is 15.4 Å². The van der Waals surface area contributed by atoms with Gasteiger partial charge in [0.1, 0.15) is 11.8 Å². The number of nitrogens with zero attached hydrogens (tertiary/aromatic N) is 1. The first-order chi connectivity index (χ1) is 16.9. The van der Waals surface area contributed by atoms with Gasteiger partial charge in [-0.3, -0.25) is 9.59 Å². The number of amides is 2. The minimum Gasteiger partial charge on any atom is -0.497 e. The molecule has 0 saturated carbocycles. The zero-order valence-corrected chi connectivity index (χ0v) is 20.7. The van der Waals surface area contributed by atoms with Crippen LogP contribution in [0.15, 0.2) is 53.4 Å². The SMILES string of the molecule is COc1ccc(CC(NC(C)=O)C(=O)NC2CCN(S(=O)(=O)c3ccc(C(F)(F)F)cc3)CC2)cc1. The summed E-state index contributed by atoms with van der Waals surface area (Å²) in [7, 11) is -2.42. The molecule has 1 aliphatic rings. The summed E-state index contributed by atoms with van der Waals surface area (Å²) in [5.74, 6) is -0.0801. The molecule has 1 atom stereocenters. The molecular formula is C24H28F3N3O5S. The second-order valence-corrected chi connectivity index (χ2v) is 10.5. The van der Waals surface area contributed by atoms with Crippen LogP contribution in [0, 0.1) is 0 Å². The fourth-order valence-corrected chi connectivity index (χ4v) is 5.43. The first-order valence-electron chi connectivity index (χ1n) is 11.3. The topological polar surface area (TPSA) is 105 Å². The maximum Gasteiger partial charge on any atom is 0.416 e. The van der Waals surface area contributed by atoms with Crippen molar-refractivity contribution in [1.29, 1.82) is 0 Å². The number of nitrogens with one attached hydrogen (secondary N) is 2. The molecule has 196 valence electrons. The molecule has 2 amide bonds. The number of hydrogen-bond acceptors (Lipinski definition) is 5. The molecule has 36 heavy (non-hydrogen) atoms. The van der Waals surface area contributed by atoms with Crippen molar-refractivity contribution in [2.75, 3.05) is 20.2 Å². The molecular weight excluding hydrogens is 499 g/mol. The maximum atomic E-state index is 12.9. The van der Waals surface area contributed by atoms with Crippen LogP contribution in [0.5, 0.6) is 5.75 Å². The van der Waals surface area contributed by atoms with Crippen molar-refractivity contribution in [2.45, 2.75) is 49.3 Å². The third kappa shape index (κ3) is 6.97. The van der Waals surface area contributed by atoms with Crippen molar-refractivity contribution in [3.8, 4) is 5.75 Å². The van der Waals surface area contributed by atoms with E-state index in [-0.39, 0.29) is 42.3 Å². The van der Waals surface area contributed by atoms with Crippen LogP contribution < -0.4 is 15.4 Å². The van der Waals surface area contributed by atoms with E-state index in [0.29, 0.717) is 18.6 Å². The van der Waals surface area contributed by atoms with E-state index in [2.05, 4.69) is 10.6 Å². The molecule has 1 saturated heterocycles. The van der Waals surface area contributed by atoms with E-state index in [4.69, 9.17) is 4.74 Å². The van der Waals surface area contributed by atoms with Gasteiger partial charge in [0.15, 0.2) is 0 Å². The summed E-state index contributed by atoms with van der Waals surface area (Å²) in [6.45, 7) is 1.51. The summed E-state index contributed by atoms with van der Waals surface area (Å²) in [6, 6.07) is 9.35. The molecule has 0 radical (unpaired) electrons. The third-order valence-electron chi connectivity index (χ3n) is 5.91. The van der Waals surface area contributed by atoms with Crippen molar-refractivity contribution >= 4 is 21.8 Å². The highest BCUT2D eigenvalue weighted by atomic mass is 32.2. The molecule has 3 rings (SSSR count). The quantitative estimate of drug-likeness (QED) is 0.550. The molecule has 0 bridgehead atoms. The summed E-state index contributed by atoms with van der Waals surface area (Å²) in [4.78, 5) is 24.4. The van der Waals surface area contributed by atoms with Gasteiger partial charge in [0.2, 0.25) is 21.8 Å². The average Bonchev–Trinajstić information content (AvgIpc) is 2.83. The summed E-state index contributed by atoms with van der Waals surface area (Å²) < 4.78 is 70.4. The van der Waals surface area contributed by atoms with Gasteiger partial charge in [0.05, 0.1) is 17.6 Å². The Morgan fingerprint density at radius 3 is 2.14 bits per heavy atom. The van der Waals surface area contributed by atoms with Crippen LogP contribution in [0.4, 0.5) is 13.2 Å². The number of carbonyl (C=O) groups excluding carboxylic acids is 2. The highest BCUT2D eigenvalue weighted by molar-refractivity contribution is 7.89. The number of alkyl halides is 3. The van der Waals surface area contributed by atoms with E-state index in [0.717, 1.165) is 29.8 Å². The van der Waals surface area contributed by atoms with Crippen molar-refractivity contribution in [3.63, 3.8) is 0 Å². The zero-order valence-electron chi connectivity index (χ0n) is 19.8. The second kappa shape index (κ2) is 11.3. The summed E-state index contributed by atoms with van der Waals surface area (Å²) in [6.07, 6.45) is -3.65. The fraction of sp³-hybridized carbons (Fsp3) is 0.417. The molecule has 1 unspecified atom stereocenters. The normalized spacial score (nSPS) is 16.2. The number of halogens is 3. The number of ether oxygens (including phenoxy) is 1. The molecule has 2 aromatic carbocycles. The molecule has 0 aromatic heterocycles. The molecule has 1 heterocycles. The smallest absolute Gasteiger partial charge is 0.416 e. The van der Waals surface area contributed by atoms with Gasteiger partial charge in [-0.25, -0.2) is 8.42 Å². The van der Waals surface area contributed by atoms with E-state index in [1.807, 2.05) is 0 Å². The largest absolute Gasteiger partial charge is 0.497 e. The Balaban J connectivity index is 1.60. The van der Waals surface area contributed by atoms with Gasteiger partial charge in [-0.05, 0) is 54.8 Å². The Morgan fingerprint density at radius 1 is 1.06 bits per heavy atom. The van der Waals surface area contributed by atoms with Gasteiger partial charge in [-0.2, -0.15) is 17.5 Å². The van der Waals surface area contributed by atoms with Gasteiger partial charge in [-0.1, -0.05) is 12.1 Å². The molecule has 1 aliphatic heterocycles. The van der Waals surface area contributed by atoms with Crippen LogP contribution in [-0.4, -0.2) is 56.8 Å². The number of rotatable bonds is 8. The first kappa shape index (κ1) is 27.5. The number of piperidine rings is 1. The van der Waals surface area contributed by atoms with Crippen LogP contribution in [0.2, 0.25) is 0 Å². The van der Waals surface area contributed by atoms with Crippen LogP contribution in [-0.2, 0) is 32.2 Å². The molecule has 1 fully saturated rings. The van der Waals surface area contributed by atoms with Crippen LogP contribution >= 0.6 is 0 Å². The van der Waals surface area contributed by atoms with E-state index in [9.17, 15) is 31.2 Å².